The van der Waals surface area contributed by atoms with E-state index < -0.39 is 0 Å². The Morgan fingerprint density at radius 2 is 1.57 bits per heavy atom. The molecule has 0 atom stereocenters. The Morgan fingerprint density at radius 3 is 2.27 bits per heavy atom. The summed E-state index contributed by atoms with van der Waals surface area (Å²) in [6.07, 6.45) is 7.81. The summed E-state index contributed by atoms with van der Waals surface area (Å²) in [7, 11) is 0. The number of nitrogens with one attached hydrogen (secondary N) is 2. The molecule has 0 unspecified atom stereocenters. The summed E-state index contributed by atoms with van der Waals surface area (Å²) in [6, 6.07) is 11.1. The van der Waals surface area contributed by atoms with E-state index in [0.717, 1.165) is 57.3 Å². The maximum absolute atomic E-state index is 13.1. The molecule has 4 rings (SSSR count). The number of rotatable bonds is 5. The van der Waals surface area contributed by atoms with Crippen LogP contribution in [0.15, 0.2) is 42.5 Å². The first kappa shape index (κ1) is 20.4. The smallest absolute Gasteiger partial charge is 0.255 e. The van der Waals surface area contributed by atoms with Crippen LogP contribution in [0, 0.1) is 5.82 Å². The number of amides is 2. The summed E-state index contributed by atoms with van der Waals surface area (Å²) >= 11 is 0. The normalized spacial score (nSPS) is 17.0. The molecule has 1 saturated carbocycles. The fourth-order valence-corrected chi connectivity index (χ4v) is 4.34. The molecular weight excluding hydrogens is 381 g/mol. The maximum atomic E-state index is 13.1. The van der Waals surface area contributed by atoms with Crippen LogP contribution in [0.3, 0.4) is 0 Å². The highest BCUT2D eigenvalue weighted by atomic mass is 19.1. The van der Waals surface area contributed by atoms with Crippen LogP contribution in [0.2, 0.25) is 0 Å². The molecule has 2 aliphatic rings. The highest BCUT2D eigenvalue weighted by Crippen LogP contribution is 2.28. The Kier molecular flexibility index (Phi) is 6.31. The van der Waals surface area contributed by atoms with E-state index in [-0.39, 0.29) is 23.7 Å². The van der Waals surface area contributed by atoms with E-state index >= 15 is 0 Å². The minimum absolute atomic E-state index is 0.0818. The fraction of sp³-hybridized carbons (Fsp3) is 0.417. The van der Waals surface area contributed by atoms with Crippen molar-refractivity contribution in [2.75, 3.05) is 23.3 Å². The summed E-state index contributed by atoms with van der Waals surface area (Å²) in [6.45, 7) is 1.87. The van der Waals surface area contributed by atoms with Crippen molar-refractivity contribution >= 4 is 23.2 Å². The van der Waals surface area contributed by atoms with E-state index in [1.807, 2.05) is 12.1 Å². The van der Waals surface area contributed by atoms with Crippen LogP contribution in [0.5, 0.6) is 0 Å². The largest absolute Gasteiger partial charge is 0.371 e. The van der Waals surface area contributed by atoms with Crippen LogP contribution in [0.4, 0.5) is 15.8 Å². The molecule has 30 heavy (non-hydrogen) atoms. The van der Waals surface area contributed by atoms with Gasteiger partial charge in [0.2, 0.25) is 0 Å². The molecule has 0 bridgehead atoms. The predicted molar refractivity (Wildman–Crippen MR) is 117 cm³/mol. The zero-order valence-corrected chi connectivity index (χ0v) is 17.1. The lowest BCUT2D eigenvalue weighted by Crippen LogP contribution is -2.37. The third-order valence-corrected chi connectivity index (χ3v) is 5.99. The third kappa shape index (κ3) is 4.81. The number of hydrogen-bond donors (Lipinski definition) is 2. The van der Waals surface area contributed by atoms with E-state index in [2.05, 4.69) is 15.5 Å². The topological polar surface area (TPSA) is 61.4 Å². The van der Waals surface area contributed by atoms with Gasteiger partial charge >= 0.3 is 0 Å². The zero-order valence-electron chi connectivity index (χ0n) is 17.1. The van der Waals surface area contributed by atoms with Crippen LogP contribution in [-0.4, -0.2) is 30.9 Å². The van der Waals surface area contributed by atoms with Crippen molar-refractivity contribution < 1.29 is 14.0 Å². The van der Waals surface area contributed by atoms with Crippen molar-refractivity contribution in [1.29, 1.82) is 0 Å². The molecule has 1 aliphatic carbocycles. The van der Waals surface area contributed by atoms with Gasteiger partial charge in [-0.25, -0.2) is 4.39 Å². The van der Waals surface area contributed by atoms with Crippen LogP contribution in [0.25, 0.3) is 0 Å². The van der Waals surface area contributed by atoms with Gasteiger partial charge in [-0.15, -0.1) is 0 Å². The van der Waals surface area contributed by atoms with Crippen molar-refractivity contribution in [2.24, 2.45) is 0 Å². The molecule has 0 aromatic heterocycles. The van der Waals surface area contributed by atoms with Gasteiger partial charge < -0.3 is 15.5 Å². The maximum Gasteiger partial charge on any atom is 0.255 e. The van der Waals surface area contributed by atoms with Gasteiger partial charge in [-0.05, 0) is 68.1 Å². The van der Waals surface area contributed by atoms with Gasteiger partial charge in [0.25, 0.3) is 11.8 Å². The minimum atomic E-state index is -0.386. The summed E-state index contributed by atoms with van der Waals surface area (Å²) in [5.74, 6) is -0.799. The number of benzene rings is 2. The molecule has 1 aliphatic heterocycles. The first-order chi connectivity index (χ1) is 14.6. The highest BCUT2D eigenvalue weighted by molar-refractivity contribution is 6.06. The molecule has 2 aromatic rings. The lowest BCUT2D eigenvalue weighted by Gasteiger charge is -2.25. The molecule has 158 valence electrons. The van der Waals surface area contributed by atoms with E-state index in [4.69, 9.17) is 0 Å². The van der Waals surface area contributed by atoms with Gasteiger partial charge in [-0.3, -0.25) is 9.59 Å². The number of carbonyl (C=O) groups excluding carboxylic acids is 2. The first-order valence-electron chi connectivity index (χ1n) is 10.9. The van der Waals surface area contributed by atoms with Crippen molar-refractivity contribution in [3.63, 3.8) is 0 Å². The second kappa shape index (κ2) is 9.28. The number of anilines is 2. The SMILES string of the molecule is O=C(Nc1ccc(N2CCCC2)c(C(=O)NC2CCCCC2)c1)c1ccc(F)cc1. The van der Waals surface area contributed by atoms with E-state index in [0.29, 0.717) is 16.8 Å². The van der Waals surface area contributed by atoms with E-state index in [1.165, 1.54) is 30.7 Å². The molecule has 1 saturated heterocycles. The predicted octanol–water partition coefficient (Wildman–Crippen LogP) is 4.74. The van der Waals surface area contributed by atoms with E-state index in [9.17, 15) is 14.0 Å². The standard InChI is InChI=1S/C24H28FN3O2/c25-18-10-8-17(9-11-18)23(29)27-20-12-13-22(28-14-4-5-15-28)21(16-20)24(30)26-19-6-2-1-3-7-19/h8-13,16,19H,1-7,14-15H2,(H,26,30)(H,27,29). The van der Waals surface area contributed by atoms with Crippen LogP contribution < -0.4 is 15.5 Å². The third-order valence-electron chi connectivity index (χ3n) is 5.99. The monoisotopic (exact) mass is 409 g/mol. The molecule has 0 spiro atoms. The first-order valence-corrected chi connectivity index (χ1v) is 10.9. The Labute approximate surface area is 176 Å². The Bertz CT molecular complexity index is 901. The number of hydrogen-bond acceptors (Lipinski definition) is 3. The molecule has 5 nitrogen and oxygen atoms in total. The number of carbonyl (C=O) groups is 2. The average Bonchev–Trinajstić information content (AvgIpc) is 3.29. The molecule has 0 radical (unpaired) electrons. The highest BCUT2D eigenvalue weighted by Gasteiger charge is 2.23. The fourth-order valence-electron chi connectivity index (χ4n) is 4.34. The molecule has 2 N–H and O–H groups in total. The van der Waals surface area contributed by atoms with Gasteiger partial charge in [0.05, 0.1) is 5.56 Å². The minimum Gasteiger partial charge on any atom is -0.371 e. The summed E-state index contributed by atoms with van der Waals surface area (Å²) in [4.78, 5) is 27.9. The van der Waals surface area contributed by atoms with Gasteiger partial charge in [0.1, 0.15) is 5.82 Å². The lowest BCUT2D eigenvalue weighted by atomic mass is 9.95. The Hall–Kier alpha value is -2.89. The van der Waals surface area contributed by atoms with Gasteiger partial charge in [-0.2, -0.15) is 0 Å². The second-order valence-corrected chi connectivity index (χ2v) is 8.20. The van der Waals surface area contributed by atoms with Crippen LogP contribution in [0.1, 0.15) is 65.7 Å². The van der Waals surface area contributed by atoms with Crippen molar-refractivity contribution in [3.05, 3.63) is 59.4 Å². The molecule has 6 heteroatoms. The molecular formula is C24H28FN3O2. The van der Waals surface area contributed by atoms with Gasteiger partial charge in [0, 0.05) is 36.1 Å². The summed E-state index contributed by atoms with van der Waals surface area (Å²) in [5, 5.41) is 6.03. The van der Waals surface area contributed by atoms with Crippen LogP contribution in [-0.2, 0) is 0 Å². The van der Waals surface area contributed by atoms with Crippen molar-refractivity contribution in [1.82, 2.24) is 5.32 Å². The van der Waals surface area contributed by atoms with Crippen molar-refractivity contribution in [3.8, 4) is 0 Å². The second-order valence-electron chi connectivity index (χ2n) is 8.20. The average molecular weight is 410 g/mol. The van der Waals surface area contributed by atoms with E-state index in [1.54, 1.807) is 6.07 Å². The molecule has 1 heterocycles. The zero-order chi connectivity index (χ0) is 20.9. The van der Waals surface area contributed by atoms with Crippen LogP contribution >= 0.6 is 0 Å². The number of nitrogens with zero attached hydrogens (tertiary/aromatic N) is 1. The quantitative estimate of drug-likeness (QED) is 0.750. The molecule has 2 amide bonds. The summed E-state index contributed by atoms with van der Waals surface area (Å²) < 4.78 is 13.1. The molecule has 2 aromatic carbocycles. The Balaban J connectivity index is 1.56. The van der Waals surface area contributed by atoms with Gasteiger partial charge in [-0.1, -0.05) is 19.3 Å². The Morgan fingerprint density at radius 1 is 0.867 bits per heavy atom. The molecule has 2 fully saturated rings. The van der Waals surface area contributed by atoms with Gasteiger partial charge in [0.15, 0.2) is 0 Å². The number of halogens is 1. The van der Waals surface area contributed by atoms with Crippen molar-refractivity contribution in [2.45, 2.75) is 51.0 Å². The lowest BCUT2D eigenvalue weighted by molar-refractivity contribution is 0.0927. The summed E-state index contributed by atoms with van der Waals surface area (Å²) in [5.41, 5.74) is 2.44.